The van der Waals surface area contributed by atoms with Gasteiger partial charge in [-0.1, -0.05) is 37.6 Å². The topological polar surface area (TPSA) is 6.48 Å². The van der Waals surface area contributed by atoms with Crippen molar-refractivity contribution in [3.8, 4) is 0 Å². The Morgan fingerprint density at radius 3 is 2.48 bits per heavy atom. The summed E-state index contributed by atoms with van der Waals surface area (Å²) in [5.41, 5.74) is 3.49. The van der Waals surface area contributed by atoms with Gasteiger partial charge < -0.3 is 4.90 Å². The van der Waals surface area contributed by atoms with E-state index in [2.05, 4.69) is 29.7 Å². The van der Waals surface area contributed by atoms with Crippen molar-refractivity contribution in [3.63, 3.8) is 0 Å². The van der Waals surface area contributed by atoms with Crippen molar-refractivity contribution in [2.24, 2.45) is 11.8 Å². The van der Waals surface area contributed by atoms with Crippen LogP contribution in [0.5, 0.6) is 0 Å². The third-order valence-electron chi connectivity index (χ3n) is 7.62. The minimum absolute atomic E-state index is 0.284. The predicted molar refractivity (Wildman–Crippen MR) is 119 cm³/mol. The average Bonchev–Trinajstić information content (AvgIpc) is 3.03. The molecule has 0 amide bonds. The lowest BCUT2D eigenvalue weighted by molar-refractivity contribution is -0.0995. The van der Waals surface area contributed by atoms with E-state index in [4.69, 9.17) is 0 Å². The molecule has 1 aromatic rings. The number of benzene rings is 1. The second-order valence-electron chi connectivity index (χ2n) is 9.63. The molecule has 4 aliphatic rings. The van der Waals surface area contributed by atoms with Crippen LogP contribution in [-0.2, 0) is 0 Å². The molecule has 166 valence electrons. The maximum atomic E-state index is 14.1. The average molecular weight is 429 g/mol. The third kappa shape index (κ3) is 4.09. The zero-order chi connectivity index (χ0) is 21.6. The molecule has 5 heteroatoms. The Balaban J connectivity index is 1.42. The highest BCUT2D eigenvalue weighted by Gasteiger charge is 2.48. The van der Waals surface area contributed by atoms with Gasteiger partial charge in [0.05, 0.1) is 0 Å². The Bertz CT molecular complexity index is 903. The quantitative estimate of drug-likeness (QED) is 0.545. The number of halogens is 3. The lowest BCUT2D eigenvalue weighted by Gasteiger charge is -2.31. The summed E-state index contributed by atoms with van der Waals surface area (Å²) in [7, 11) is 0. The lowest BCUT2D eigenvalue weighted by atomic mass is 9.80. The van der Waals surface area contributed by atoms with Gasteiger partial charge in [0, 0.05) is 41.9 Å². The largest absolute Gasteiger partial charge is 0.413 e. The fourth-order valence-corrected chi connectivity index (χ4v) is 5.65. The number of allylic oxidation sites excluding steroid dienone is 1. The fourth-order valence-electron chi connectivity index (χ4n) is 5.65. The first-order valence-corrected chi connectivity index (χ1v) is 11.7. The van der Waals surface area contributed by atoms with Crippen LogP contribution in [0.3, 0.4) is 0 Å². The van der Waals surface area contributed by atoms with E-state index in [1.54, 1.807) is 0 Å². The monoisotopic (exact) mass is 428 g/mol. The molecule has 0 bridgehead atoms. The van der Waals surface area contributed by atoms with Gasteiger partial charge in [-0.05, 0) is 74.0 Å². The van der Waals surface area contributed by atoms with Crippen molar-refractivity contribution in [2.75, 3.05) is 31.1 Å². The summed E-state index contributed by atoms with van der Waals surface area (Å²) in [4.78, 5) is 4.31. The number of nitrogens with zero attached hydrogens (tertiary/aromatic N) is 2. The van der Waals surface area contributed by atoms with Gasteiger partial charge in [0.1, 0.15) is 0 Å². The minimum Gasteiger partial charge on any atom is -0.344 e. The molecule has 0 aromatic heterocycles. The van der Waals surface area contributed by atoms with E-state index in [9.17, 15) is 13.2 Å². The van der Waals surface area contributed by atoms with Gasteiger partial charge in [-0.2, -0.15) is 13.2 Å². The molecule has 2 unspecified atom stereocenters. The summed E-state index contributed by atoms with van der Waals surface area (Å²) in [5.74, 6) is -0.265. The first-order valence-electron chi connectivity index (χ1n) is 11.7. The highest BCUT2D eigenvalue weighted by atomic mass is 19.4. The summed E-state index contributed by atoms with van der Waals surface area (Å²) >= 11 is 0. The van der Waals surface area contributed by atoms with Crippen molar-refractivity contribution in [1.29, 1.82) is 0 Å². The zero-order valence-electron chi connectivity index (χ0n) is 18.0. The highest BCUT2D eigenvalue weighted by molar-refractivity contribution is 5.59. The van der Waals surface area contributed by atoms with Crippen LogP contribution in [0.1, 0.15) is 50.0 Å². The molecule has 1 aromatic carbocycles. The normalized spacial score (nSPS) is 27.6. The van der Waals surface area contributed by atoms with E-state index in [-0.39, 0.29) is 11.5 Å². The summed E-state index contributed by atoms with van der Waals surface area (Å²) in [6.45, 7) is 7.17. The van der Waals surface area contributed by atoms with Crippen LogP contribution in [0.15, 0.2) is 59.8 Å². The van der Waals surface area contributed by atoms with Gasteiger partial charge in [0.25, 0.3) is 0 Å². The van der Waals surface area contributed by atoms with E-state index in [1.807, 2.05) is 17.0 Å². The molecule has 0 spiro atoms. The molecule has 0 radical (unpaired) electrons. The number of alkyl halides is 3. The van der Waals surface area contributed by atoms with E-state index in [0.717, 1.165) is 42.9 Å². The molecule has 1 saturated carbocycles. The molecule has 2 saturated heterocycles. The molecule has 3 fully saturated rings. The number of piperidine rings is 1. The Morgan fingerprint density at radius 1 is 1.03 bits per heavy atom. The summed E-state index contributed by atoms with van der Waals surface area (Å²) in [6.07, 6.45) is 6.34. The lowest BCUT2D eigenvalue weighted by Crippen LogP contribution is -2.33. The van der Waals surface area contributed by atoms with Gasteiger partial charge in [-0.25, -0.2) is 0 Å². The molecule has 2 nitrogen and oxygen atoms in total. The molecular formula is C26H31F3N2. The first-order chi connectivity index (χ1) is 14.9. The summed E-state index contributed by atoms with van der Waals surface area (Å²) < 4.78 is 42.2. The standard InChI is InChI=1S/C26H31F3N2/c1-18-23-13-19(16-30-11-3-2-4-12-30)14-25(26(27,28)29)24(23)17-31(18)22-10-6-9-21(15-22)20-7-5-8-20/h6,9-10,13-15,20,23-24H,1-5,7-8,11-12,16-17H2. The van der Waals surface area contributed by atoms with E-state index < -0.39 is 12.1 Å². The molecule has 31 heavy (non-hydrogen) atoms. The van der Waals surface area contributed by atoms with Crippen LogP contribution in [0, 0.1) is 11.8 Å². The van der Waals surface area contributed by atoms with Crippen molar-refractivity contribution >= 4 is 5.69 Å². The van der Waals surface area contributed by atoms with E-state index in [0.29, 0.717) is 19.0 Å². The Morgan fingerprint density at radius 2 is 1.81 bits per heavy atom. The molecule has 2 aliphatic carbocycles. The number of anilines is 1. The second-order valence-corrected chi connectivity index (χ2v) is 9.63. The van der Waals surface area contributed by atoms with Crippen molar-refractivity contribution in [2.45, 2.75) is 50.6 Å². The van der Waals surface area contributed by atoms with Gasteiger partial charge in [-0.15, -0.1) is 0 Å². The van der Waals surface area contributed by atoms with E-state index in [1.165, 1.54) is 37.3 Å². The van der Waals surface area contributed by atoms with E-state index >= 15 is 0 Å². The molecule has 2 heterocycles. The number of hydrogen-bond acceptors (Lipinski definition) is 2. The SMILES string of the molecule is C=C1C2C=C(CN3CCCCC3)C=C(C(F)(F)F)C2CN1c1cccc(C2CCC2)c1. The van der Waals surface area contributed by atoms with Crippen LogP contribution >= 0.6 is 0 Å². The highest BCUT2D eigenvalue weighted by Crippen LogP contribution is 2.48. The predicted octanol–water partition coefficient (Wildman–Crippen LogP) is 6.43. The number of rotatable bonds is 4. The van der Waals surface area contributed by atoms with Crippen LogP contribution in [0.25, 0.3) is 0 Å². The van der Waals surface area contributed by atoms with Gasteiger partial charge in [0.2, 0.25) is 0 Å². The van der Waals surface area contributed by atoms with Crippen LogP contribution < -0.4 is 4.90 Å². The van der Waals surface area contributed by atoms with Crippen molar-refractivity contribution < 1.29 is 13.2 Å². The summed E-state index contributed by atoms with van der Waals surface area (Å²) in [6, 6.07) is 8.37. The first kappa shape index (κ1) is 20.9. The molecule has 2 aliphatic heterocycles. The van der Waals surface area contributed by atoms with Gasteiger partial charge in [-0.3, -0.25) is 4.90 Å². The smallest absolute Gasteiger partial charge is 0.344 e. The molecule has 2 atom stereocenters. The van der Waals surface area contributed by atoms with Crippen molar-refractivity contribution in [3.05, 3.63) is 65.4 Å². The Hall–Kier alpha value is -2.01. The second kappa shape index (κ2) is 8.16. The van der Waals surface area contributed by atoms with Crippen LogP contribution in [0.2, 0.25) is 0 Å². The third-order valence-corrected chi connectivity index (χ3v) is 7.62. The van der Waals surface area contributed by atoms with Gasteiger partial charge in [0.15, 0.2) is 0 Å². The van der Waals surface area contributed by atoms with Crippen LogP contribution in [0.4, 0.5) is 18.9 Å². The Labute approximate surface area is 183 Å². The molecule has 5 rings (SSSR count). The molecule has 0 N–H and O–H groups in total. The number of likely N-dealkylation sites (tertiary alicyclic amines) is 1. The van der Waals surface area contributed by atoms with Crippen LogP contribution in [-0.4, -0.2) is 37.3 Å². The minimum atomic E-state index is -4.31. The summed E-state index contributed by atoms with van der Waals surface area (Å²) in [5, 5.41) is 0. The van der Waals surface area contributed by atoms with Crippen molar-refractivity contribution in [1.82, 2.24) is 4.90 Å². The maximum Gasteiger partial charge on any atom is 0.413 e. The fraction of sp³-hybridized carbons (Fsp3) is 0.538. The van der Waals surface area contributed by atoms with Gasteiger partial charge >= 0.3 is 6.18 Å². The molecular weight excluding hydrogens is 397 g/mol. The maximum absolute atomic E-state index is 14.1. The zero-order valence-corrected chi connectivity index (χ0v) is 18.0. The number of fused-ring (bicyclic) bond motifs is 1. The Kier molecular flexibility index (Phi) is 5.49. The number of hydrogen-bond donors (Lipinski definition) is 0.